The Morgan fingerprint density at radius 2 is 0.829 bits per heavy atom. The van der Waals surface area contributed by atoms with Gasteiger partial charge >= 0.3 is 49.7 Å². The average Bonchev–Trinajstić information content (AvgIpc) is 2.93. The quantitative estimate of drug-likeness (QED) is 0.0457. The topological polar surface area (TPSA) is 63.6 Å². The van der Waals surface area contributed by atoms with E-state index in [9.17, 15) is 9.59 Å². The van der Waals surface area contributed by atoms with Crippen molar-refractivity contribution in [2.45, 2.75) is 219 Å². The molecule has 0 bridgehead atoms. The maximum atomic E-state index is 12.4. The molecule has 0 heterocycles. The van der Waals surface area contributed by atoms with Gasteiger partial charge < -0.3 is 12.7 Å². The van der Waals surface area contributed by atoms with Gasteiger partial charge in [0.1, 0.15) is 6.10 Å². The Kier molecular flexibility index (Phi) is 38.5. The summed E-state index contributed by atoms with van der Waals surface area (Å²) in [5.74, 6) is -0.648. The van der Waals surface area contributed by atoms with E-state index in [-0.39, 0.29) is 52.7 Å². The summed E-state index contributed by atoms with van der Waals surface area (Å²) in [5.41, 5.74) is 0. The van der Waals surface area contributed by atoms with Crippen molar-refractivity contribution in [3.63, 3.8) is 0 Å². The number of rotatable bonds is 33. The monoisotopic (exact) mass is 609 g/mol. The molecule has 0 amide bonds. The molecule has 0 aromatic heterocycles. The minimum absolute atomic E-state index is 0. The van der Waals surface area contributed by atoms with Gasteiger partial charge in [-0.05, 0) is 32.1 Å². The van der Waals surface area contributed by atoms with Gasteiger partial charge in [-0.3, -0.25) is 9.59 Å². The van der Waals surface area contributed by atoms with Crippen LogP contribution >= 0.6 is 0 Å². The zero-order valence-electron chi connectivity index (χ0n) is 29.9. The Bertz CT molecular complexity index is 551. The van der Waals surface area contributed by atoms with Crippen LogP contribution in [0.3, 0.4) is 0 Å². The number of hydrogen-bond acceptors (Lipinski definition) is 3. The first-order chi connectivity index (χ1) is 19.6. The van der Waals surface area contributed by atoms with Crippen molar-refractivity contribution >= 4 is 49.7 Å². The fourth-order valence-corrected chi connectivity index (χ4v) is 5.71. The van der Waals surface area contributed by atoms with Crippen LogP contribution < -0.4 is 0 Å². The van der Waals surface area contributed by atoms with Crippen LogP contribution in [-0.2, 0) is 14.3 Å². The van der Waals surface area contributed by atoms with Gasteiger partial charge in [0.25, 0.3) is 0 Å². The SMILES string of the molecule is CCCCCCCCCCCCCCCCCC(=O)OC(CCC)CCCCCCCCCCCCCC(=O)O.[Ca+2].[H-].[H-]. The smallest absolute Gasteiger partial charge is 1.00 e. The van der Waals surface area contributed by atoms with Crippen molar-refractivity contribution in [3.05, 3.63) is 0 Å². The fourth-order valence-electron chi connectivity index (χ4n) is 5.71. The summed E-state index contributed by atoms with van der Waals surface area (Å²) < 4.78 is 5.85. The van der Waals surface area contributed by atoms with Crippen molar-refractivity contribution in [2.75, 3.05) is 0 Å². The first-order valence-corrected chi connectivity index (χ1v) is 18.0. The minimum Gasteiger partial charge on any atom is -1.00 e. The molecule has 1 atom stereocenters. The van der Waals surface area contributed by atoms with Gasteiger partial charge in [0.2, 0.25) is 0 Å². The Morgan fingerprint density at radius 1 is 0.488 bits per heavy atom. The summed E-state index contributed by atoms with van der Waals surface area (Å²) in [6.07, 6.45) is 37.5. The van der Waals surface area contributed by atoms with Crippen LogP contribution in [0.25, 0.3) is 0 Å². The third kappa shape index (κ3) is 36.3. The zero-order chi connectivity index (χ0) is 29.4. The molecule has 0 aliphatic rings. The van der Waals surface area contributed by atoms with Gasteiger partial charge in [-0.25, -0.2) is 0 Å². The van der Waals surface area contributed by atoms with E-state index in [1.165, 1.54) is 141 Å². The molecule has 41 heavy (non-hydrogen) atoms. The van der Waals surface area contributed by atoms with Crippen LogP contribution in [0.1, 0.15) is 216 Å². The number of aliphatic carboxylic acids is 1. The second-order valence-corrected chi connectivity index (χ2v) is 12.4. The molecule has 0 saturated heterocycles. The predicted octanol–water partition coefficient (Wildman–Crippen LogP) is 12.0. The van der Waals surface area contributed by atoms with Crippen LogP contribution in [0.2, 0.25) is 0 Å². The second kappa shape index (κ2) is 36.4. The Balaban J connectivity index is -0.00000253. The van der Waals surface area contributed by atoms with E-state index in [0.29, 0.717) is 12.8 Å². The standard InChI is InChI=1S/C36H70O4.Ca.2H/c1-3-5-6-7-8-9-10-11-12-13-17-20-23-26-29-33-36(39)40-34(30-4-2)31-27-24-21-18-15-14-16-19-22-25-28-32-35(37)38;;;/h34H,3-33H2,1-2H3,(H,37,38);;;/q;+2;2*-1. The van der Waals surface area contributed by atoms with Crippen LogP contribution in [0, 0.1) is 0 Å². The molecule has 0 fully saturated rings. The summed E-state index contributed by atoms with van der Waals surface area (Å²) in [4.78, 5) is 22.9. The largest absolute Gasteiger partial charge is 2.00 e. The van der Waals surface area contributed by atoms with E-state index in [2.05, 4.69) is 13.8 Å². The normalized spacial score (nSPS) is 11.8. The summed E-state index contributed by atoms with van der Waals surface area (Å²) in [7, 11) is 0. The summed E-state index contributed by atoms with van der Waals surface area (Å²) in [6, 6.07) is 0. The van der Waals surface area contributed by atoms with E-state index >= 15 is 0 Å². The molecule has 0 aromatic rings. The molecular weight excluding hydrogens is 536 g/mol. The molecule has 242 valence electrons. The van der Waals surface area contributed by atoms with Crippen LogP contribution in [0.4, 0.5) is 0 Å². The van der Waals surface area contributed by atoms with Crippen molar-refractivity contribution in [1.82, 2.24) is 0 Å². The van der Waals surface area contributed by atoms with E-state index in [4.69, 9.17) is 9.84 Å². The number of esters is 1. The zero-order valence-corrected chi connectivity index (χ0v) is 30.1. The first-order valence-electron chi connectivity index (χ1n) is 18.0. The molecule has 0 saturated carbocycles. The van der Waals surface area contributed by atoms with Gasteiger partial charge in [-0.1, -0.05) is 168 Å². The number of carboxylic acids is 1. The van der Waals surface area contributed by atoms with Crippen molar-refractivity contribution < 1.29 is 22.3 Å². The fraction of sp³-hybridized carbons (Fsp3) is 0.944. The van der Waals surface area contributed by atoms with Gasteiger partial charge in [0.05, 0.1) is 0 Å². The molecule has 1 N–H and O–H groups in total. The molecular formula is C36H72CaO4. The van der Waals surface area contributed by atoms with Crippen LogP contribution in [0.15, 0.2) is 0 Å². The van der Waals surface area contributed by atoms with Gasteiger partial charge in [0.15, 0.2) is 0 Å². The van der Waals surface area contributed by atoms with Crippen molar-refractivity contribution in [2.24, 2.45) is 0 Å². The van der Waals surface area contributed by atoms with E-state index in [0.717, 1.165) is 44.9 Å². The molecule has 0 aliphatic heterocycles. The number of hydrogen-bond donors (Lipinski definition) is 1. The molecule has 0 radical (unpaired) electrons. The Morgan fingerprint density at radius 3 is 1.20 bits per heavy atom. The minimum atomic E-state index is -0.672. The van der Waals surface area contributed by atoms with Gasteiger partial charge in [-0.2, -0.15) is 0 Å². The third-order valence-electron chi connectivity index (χ3n) is 8.31. The number of carboxylic acid groups (broad SMARTS) is 1. The average molecular weight is 609 g/mol. The van der Waals surface area contributed by atoms with Gasteiger partial charge in [0, 0.05) is 12.8 Å². The van der Waals surface area contributed by atoms with Crippen molar-refractivity contribution in [3.8, 4) is 0 Å². The molecule has 4 nitrogen and oxygen atoms in total. The number of carbonyl (C=O) groups is 2. The van der Waals surface area contributed by atoms with E-state index in [1.807, 2.05) is 0 Å². The molecule has 0 spiro atoms. The van der Waals surface area contributed by atoms with Gasteiger partial charge in [-0.15, -0.1) is 0 Å². The Labute approximate surface area is 289 Å². The summed E-state index contributed by atoms with van der Waals surface area (Å²) in [5, 5.41) is 8.65. The van der Waals surface area contributed by atoms with E-state index in [1.54, 1.807) is 0 Å². The number of unbranched alkanes of at least 4 members (excludes halogenated alkanes) is 24. The summed E-state index contributed by atoms with van der Waals surface area (Å²) in [6.45, 7) is 4.47. The number of ether oxygens (including phenoxy) is 1. The summed E-state index contributed by atoms with van der Waals surface area (Å²) >= 11 is 0. The van der Waals surface area contributed by atoms with Crippen molar-refractivity contribution in [1.29, 1.82) is 0 Å². The van der Waals surface area contributed by atoms with Crippen LogP contribution in [0.5, 0.6) is 0 Å². The third-order valence-corrected chi connectivity index (χ3v) is 8.31. The van der Waals surface area contributed by atoms with E-state index < -0.39 is 5.97 Å². The Hall–Kier alpha value is 0.200. The first kappa shape index (κ1) is 43.3. The molecule has 0 aromatic carbocycles. The molecule has 0 rings (SSSR count). The predicted molar refractivity (Wildman–Crippen MR) is 180 cm³/mol. The number of carbonyl (C=O) groups excluding carboxylic acids is 1. The molecule has 5 heteroatoms. The van der Waals surface area contributed by atoms with Crippen LogP contribution in [-0.4, -0.2) is 60.9 Å². The maximum Gasteiger partial charge on any atom is 2.00 e. The molecule has 1 unspecified atom stereocenters. The maximum absolute atomic E-state index is 12.4. The molecule has 0 aliphatic carbocycles. The second-order valence-electron chi connectivity index (χ2n) is 12.4.